The molecule has 0 unspecified atom stereocenters. The molecule has 2 aliphatic heterocycles. The lowest BCUT2D eigenvalue weighted by molar-refractivity contribution is -0.871. The Bertz CT molecular complexity index is 2440. The summed E-state index contributed by atoms with van der Waals surface area (Å²) in [7, 11) is 8.88. The fourth-order valence-electron chi connectivity index (χ4n) is 9.15. The molecule has 3 aromatic rings. The van der Waals surface area contributed by atoms with Gasteiger partial charge in [0.25, 0.3) is 10.1 Å². The van der Waals surface area contributed by atoms with Gasteiger partial charge in [-0.2, -0.15) is 13.0 Å². The number of anilines is 1. The van der Waals surface area contributed by atoms with Crippen molar-refractivity contribution in [1.82, 2.24) is 0 Å². The first-order valence-electron chi connectivity index (χ1n) is 22.0. The van der Waals surface area contributed by atoms with Gasteiger partial charge in [-0.3, -0.25) is 9.35 Å². The molecule has 0 aromatic heterocycles. The largest absolute Gasteiger partial charge is 0.481 e. The van der Waals surface area contributed by atoms with E-state index >= 15 is 0 Å². The minimum absolute atomic E-state index is 0.0664. The topological polar surface area (TPSA) is 107 Å². The van der Waals surface area contributed by atoms with E-state index < -0.39 is 21.5 Å². The molecule has 332 valence electrons. The van der Waals surface area contributed by atoms with Crippen molar-refractivity contribution in [2.75, 3.05) is 73.4 Å². The Labute approximate surface area is 370 Å². The molecule has 0 fully saturated rings. The second-order valence-electron chi connectivity index (χ2n) is 20.3. The lowest BCUT2D eigenvalue weighted by Gasteiger charge is -2.29. The molecule has 0 amide bonds. The molecule has 6 rings (SSSR count). The van der Waals surface area contributed by atoms with Crippen LogP contribution in [0.15, 0.2) is 119 Å². The molecule has 3 aliphatic rings. The van der Waals surface area contributed by atoms with Crippen molar-refractivity contribution in [3.05, 3.63) is 130 Å². The average molecular weight is 866 g/mol. The summed E-state index contributed by atoms with van der Waals surface area (Å²) in [5, 5.41) is 9.26. The van der Waals surface area contributed by atoms with Crippen molar-refractivity contribution in [2.24, 2.45) is 0 Å². The summed E-state index contributed by atoms with van der Waals surface area (Å²) in [5.74, 6) is 0.671. The second kappa shape index (κ2) is 18.1. The molecule has 2 heterocycles. The molecule has 0 saturated carbocycles. The zero-order valence-electron chi connectivity index (χ0n) is 38.7. The smallest absolute Gasteiger partial charge is 0.303 e. The van der Waals surface area contributed by atoms with Crippen molar-refractivity contribution in [3.63, 3.8) is 0 Å². The quantitative estimate of drug-likeness (QED) is 0.0792. The van der Waals surface area contributed by atoms with Crippen LogP contribution in [0.5, 0.6) is 5.75 Å². The molecule has 0 radical (unpaired) electrons. The summed E-state index contributed by atoms with van der Waals surface area (Å²) in [6, 6.07) is 21.4. The number of quaternary nitrogens is 2. The number of ether oxygens (including phenoxy) is 1. The number of nitrogens with zero attached hydrogens (tertiary/aromatic N) is 4. The first kappa shape index (κ1) is 46.7. The van der Waals surface area contributed by atoms with Crippen LogP contribution in [0.25, 0.3) is 0 Å². The number of carboxylic acids is 1. The lowest BCUT2D eigenvalue weighted by atomic mass is 9.81. The van der Waals surface area contributed by atoms with E-state index in [2.05, 4.69) is 128 Å². The number of hydrogen-bond donors (Lipinski definition) is 2. The van der Waals surface area contributed by atoms with Gasteiger partial charge in [0.15, 0.2) is 12.3 Å². The summed E-state index contributed by atoms with van der Waals surface area (Å²) in [4.78, 5) is 13.5. The maximum absolute atomic E-state index is 12.3. The highest BCUT2D eigenvalue weighted by Gasteiger charge is 2.44. The van der Waals surface area contributed by atoms with Crippen molar-refractivity contribution < 1.29 is 41.2 Å². The van der Waals surface area contributed by atoms with Crippen LogP contribution in [-0.4, -0.2) is 112 Å². The fourth-order valence-corrected chi connectivity index (χ4v) is 9.65. The standard InChI is InChI=1S/C51H67N4O6S/c1-50(2)42-18-11-12-19-44(42)52(32-14-34-54(5,6)7)46(50)29-23-38-16-13-17-39(49(38)61-40-25-20-37(21-26-40)22-31-48(56)57)24-30-47-51(3,4)43-36-41(62(58,59)60)27-28-45(43)53(47)33-15-35-55(8,9)10/h11-12,18-21,23-30,36H,13-17,22,31-35H2,1-10H3/q+1/p+2. The lowest BCUT2D eigenvalue weighted by Crippen LogP contribution is -2.37. The highest BCUT2D eigenvalue weighted by molar-refractivity contribution is 7.85. The minimum atomic E-state index is -4.39. The van der Waals surface area contributed by atoms with Gasteiger partial charge in [-0.1, -0.05) is 50.3 Å². The summed E-state index contributed by atoms with van der Waals surface area (Å²) in [6.07, 6.45) is 14.0. The van der Waals surface area contributed by atoms with E-state index in [1.54, 1.807) is 6.07 Å². The van der Waals surface area contributed by atoms with Crippen LogP contribution < -0.4 is 9.64 Å². The third-order valence-electron chi connectivity index (χ3n) is 12.5. The van der Waals surface area contributed by atoms with Gasteiger partial charge >= 0.3 is 5.97 Å². The van der Waals surface area contributed by atoms with Gasteiger partial charge in [0, 0.05) is 53.9 Å². The summed E-state index contributed by atoms with van der Waals surface area (Å²) in [6.45, 7) is 12.5. The number of carboxylic acid groups (broad SMARTS) is 1. The number of para-hydroxylation sites is 1. The number of rotatable bonds is 17. The molecule has 0 spiro atoms. The van der Waals surface area contributed by atoms with Crippen LogP contribution in [0, 0.1) is 0 Å². The Hall–Kier alpha value is -4.81. The van der Waals surface area contributed by atoms with E-state index in [4.69, 9.17) is 4.74 Å². The van der Waals surface area contributed by atoms with Gasteiger partial charge in [-0.05, 0) is 104 Å². The molecule has 3 aromatic carbocycles. The van der Waals surface area contributed by atoms with E-state index in [9.17, 15) is 22.9 Å². The molecule has 0 bridgehead atoms. The Balaban J connectivity index is 1.45. The zero-order chi connectivity index (χ0) is 45.3. The van der Waals surface area contributed by atoms with Gasteiger partial charge in [0.05, 0.1) is 72.1 Å². The van der Waals surface area contributed by atoms with Crippen molar-refractivity contribution in [2.45, 2.75) is 88.4 Å². The number of hydrogen-bond acceptors (Lipinski definition) is 5. The number of aryl methyl sites for hydroxylation is 1. The molecule has 10 nitrogen and oxygen atoms in total. The van der Waals surface area contributed by atoms with Crippen LogP contribution in [0.3, 0.4) is 0 Å². The van der Waals surface area contributed by atoms with E-state index in [-0.39, 0.29) is 16.7 Å². The maximum Gasteiger partial charge on any atom is 0.303 e. The highest BCUT2D eigenvalue weighted by Crippen LogP contribution is 2.49. The number of allylic oxidation sites excluding steroid dienone is 7. The van der Waals surface area contributed by atoms with Gasteiger partial charge in [-0.25, -0.2) is 0 Å². The number of carbonyl (C=O) groups is 1. The number of benzene rings is 3. The molecular formula is C51H69N4O6S+3. The highest BCUT2D eigenvalue weighted by atomic mass is 32.2. The van der Waals surface area contributed by atoms with Crippen LogP contribution in [0.1, 0.15) is 82.9 Å². The molecular weight excluding hydrogens is 797 g/mol. The Kier molecular flexibility index (Phi) is 13.6. The predicted octanol–water partition coefficient (Wildman–Crippen LogP) is 9.20. The number of aliphatic carboxylic acids is 1. The number of fused-ring (bicyclic) bond motifs is 2. The van der Waals surface area contributed by atoms with Crippen LogP contribution in [0.2, 0.25) is 0 Å². The second-order valence-corrected chi connectivity index (χ2v) is 21.7. The van der Waals surface area contributed by atoms with Gasteiger partial charge in [0.1, 0.15) is 11.5 Å². The summed E-state index contributed by atoms with van der Waals surface area (Å²) in [5.41, 5.74) is 9.02. The summed E-state index contributed by atoms with van der Waals surface area (Å²) < 4.78 is 45.8. The maximum atomic E-state index is 12.3. The third kappa shape index (κ3) is 10.9. The third-order valence-corrected chi connectivity index (χ3v) is 13.4. The van der Waals surface area contributed by atoms with E-state index in [1.165, 1.54) is 23.0 Å². The summed E-state index contributed by atoms with van der Waals surface area (Å²) >= 11 is 0. The van der Waals surface area contributed by atoms with Crippen molar-refractivity contribution >= 4 is 33.2 Å². The van der Waals surface area contributed by atoms with E-state index in [1.807, 2.05) is 30.3 Å². The normalized spacial score (nSPS) is 18.9. The zero-order valence-corrected chi connectivity index (χ0v) is 39.5. The predicted molar refractivity (Wildman–Crippen MR) is 250 cm³/mol. The molecule has 1 aliphatic carbocycles. The van der Waals surface area contributed by atoms with Gasteiger partial charge in [-0.15, -0.1) is 0 Å². The first-order chi connectivity index (χ1) is 29.0. The Morgan fingerprint density at radius 3 is 2.18 bits per heavy atom. The van der Waals surface area contributed by atoms with Crippen LogP contribution >= 0.6 is 0 Å². The van der Waals surface area contributed by atoms with Gasteiger partial charge in [0.2, 0.25) is 5.69 Å². The Morgan fingerprint density at radius 1 is 0.839 bits per heavy atom. The Morgan fingerprint density at radius 2 is 1.52 bits per heavy atom. The van der Waals surface area contributed by atoms with Gasteiger partial charge < -0.3 is 23.7 Å². The van der Waals surface area contributed by atoms with E-state index in [0.29, 0.717) is 12.2 Å². The molecule has 0 saturated heterocycles. The first-order valence-corrected chi connectivity index (χ1v) is 23.5. The van der Waals surface area contributed by atoms with Crippen LogP contribution in [0.4, 0.5) is 11.4 Å². The SMILES string of the molecule is CC1(C)C(/C=C/C2=C(Oc3ccc(CCC(=O)O)cc3)C(=C/C=C3/N(CCC[N+](C)(C)C)c4ccc(S(=O)(=O)O)cc4C3(C)C)/CCC2)=[N+](CCC[N+](C)(C)C)c2ccccc21. The molecule has 2 N–H and O–H groups in total. The molecule has 0 atom stereocenters. The molecule has 62 heavy (non-hydrogen) atoms. The average Bonchev–Trinajstić information content (AvgIpc) is 3.53. The van der Waals surface area contributed by atoms with Crippen LogP contribution in [-0.2, 0) is 32.2 Å². The monoisotopic (exact) mass is 865 g/mol. The fraction of sp³-hybridized carbons (Fsp3) is 0.451. The molecule has 11 heteroatoms. The van der Waals surface area contributed by atoms with Crippen molar-refractivity contribution in [3.8, 4) is 5.75 Å². The minimum Gasteiger partial charge on any atom is -0.481 e. The van der Waals surface area contributed by atoms with E-state index in [0.717, 1.165) is 107 Å². The van der Waals surface area contributed by atoms with Crippen molar-refractivity contribution in [1.29, 1.82) is 0 Å².